The second-order valence-electron chi connectivity index (χ2n) is 6.12. The van der Waals surface area contributed by atoms with Crippen LogP contribution in [0.1, 0.15) is 17.0 Å². The summed E-state index contributed by atoms with van der Waals surface area (Å²) in [7, 11) is 1.69. The van der Waals surface area contributed by atoms with Gasteiger partial charge in [-0.1, -0.05) is 48.0 Å². The van der Waals surface area contributed by atoms with Crippen molar-refractivity contribution < 1.29 is 4.74 Å². The lowest BCUT2D eigenvalue weighted by Gasteiger charge is -2.12. The molecular formula is C21H23ClN4O. The van der Waals surface area contributed by atoms with E-state index in [1.54, 1.807) is 7.11 Å². The van der Waals surface area contributed by atoms with E-state index >= 15 is 0 Å². The predicted octanol–water partition coefficient (Wildman–Crippen LogP) is 4.71. The van der Waals surface area contributed by atoms with Crippen molar-refractivity contribution >= 4 is 23.2 Å². The zero-order valence-corrected chi connectivity index (χ0v) is 16.3. The molecular weight excluding hydrogens is 360 g/mol. The number of nitrogens with zero attached hydrogens (tertiary/aromatic N) is 2. The molecule has 0 radical (unpaired) electrons. The Balaban J connectivity index is 1.60. The number of anilines is 2. The van der Waals surface area contributed by atoms with E-state index in [1.165, 1.54) is 0 Å². The summed E-state index contributed by atoms with van der Waals surface area (Å²) in [5.41, 5.74) is 2.19. The van der Waals surface area contributed by atoms with Crippen LogP contribution in [-0.4, -0.2) is 23.6 Å². The van der Waals surface area contributed by atoms with Gasteiger partial charge in [-0.2, -0.15) is 0 Å². The maximum absolute atomic E-state index is 6.21. The average molecular weight is 383 g/mol. The van der Waals surface area contributed by atoms with Crippen molar-refractivity contribution in [3.63, 3.8) is 0 Å². The van der Waals surface area contributed by atoms with Crippen LogP contribution >= 0.6 is 11.6 Å². The van der Waals surface area contributed by atoms with Crippen LogP contribution in [0.25, 0.3) is 0 Å². The highest BCUT2D eigenvalue weighted by molar-refractivity contribution is 6.31. The molecule has 0 fully saturated rings. The zero-order valence-electron chi connectivity index (χ0n) is 15.5. The first-order chi connectivity index (χ1) is 13.2. The topological polar surface area (TPSA) is 59.1 Å². The van der Waals surface area contributed by atoms with Gasteiger partial charge in [0.15, 0.2) is 0 Å². The highest BCUT2D eigenvalue weighted by Gasteiger charge is 2.05. The molecule has 0 atom stereocenters. The lowest BCUT2D eigenvalue weighted by Crippen LogP contribution is -2.10. The molecule has 3 rings (SSSR count). The average Bonchev–Trinajstić information content (AvgIpc) is 2.67. The number of para-hydroxylation sites is 1. The molecule has 2 aromatic carbocycles. The first-order valence-electron chi connectivity index (χ1n) is 8.84. The maximum Gasteiger partial charge on any atom is 0.132 e. The molecule has 6 heteroatoms. The Morgan fingerprint density at radius 2 is 1.59 bits per heavy atom. The summed E-state index contributed by atoms with van der Waals surface area (Å²) in [6, 6.07) is 17.7. The van der Waals surface area contributed by atoms with Gasteiger partial charge >= 0.3 is 0 Å². The Labute approximate surface area is 164 Å². The van der Waals surface area contributed by atoms with Crippen LogP contribution in [0.15, 0.2) is 54.6 Å². The first kappa shape index (κ1) is 19.0. The van der Waals surface area contributed by atoms with Crippen LogP contribution in [0.4, 0.5) is 11.6 Å². The Morgan fingerprint density at radius 1 is 0.926 bits per heavy atom. The number of rotatable bonds is 8. The molecule has 0 bridgehead atoms. The van der Waals surface area contributed by atoms with E-state index in [-0.39, 0.29) is 0 Å². The van der Waals surface area contributed by atoms with Gasteiger partial charge in [0.25, 0.3) is 0 Å². The van der Waals surface area contributed by atoms with Crippen LogP contribution in [-0.2, 0) is 13.0 Å². The van der Waals surface area contributed by atoms with Crippen molar-refractivity contribution in [3.05, 3.63) is 76.6 Å². The molecule has 0 saturated carbocycles. The minimum atomic E-state index is 0.608. The number of nitrogens with one attached hydrogen (secondary N) is 2. The van der Waals surface area contributed by atoms with Crippen molar-refractivity contribution in [2.24, 2.45) is 0 Å². The van der Waals surface area contributed by atoms with Crippen LogP contribution in [0.2, 0.25) is 5.02 Å². The molecule has 140 valence electrons. The molecule has 0 saturated heterocycles. The molecule has 0 spiro atoms. The van der Waals surface area contributed by atoms with Gasteiger partial charge in [0.2, 0.25) is 0 Å². The minimum absolute atomic E-state index is 0.608. The summed E-state index contributed by atoms with van der Waals surface area (Å²) in [6.45, 7) is 3.24. The Kier molecular flexibility index (Phi) is 6.49. The number of methoxy groups -OCH3 is 1. The zero-order chi connectivity index (χ0) is 19.1. The summed E-state index contributed by atoms with van der Waals surface area (Å²) in [5.74, 6) is 3.17. The molecule has 2 N–H and O–H groups in total. The monoisotopic (exact) mass is 382 g/mol. The number of aromatic nitrogens is 2. The Bertz CT molecular complexity index is 901. The molecule has 1 heterocycles. The van der Waals surface area contributed by atoms with E-state index in [0.29, 0.717) is 12.4 Å². The van der Waals surface area contributed by atoms with Crippen LogP contribution in [0.5, 0.6) is 5.75 Å². The van der Waals surface area contributed by atoms with Gasteiger partial charge in [-0.15, -0.1) is 0 Å². The van der Waals surface area contributed by atoms with E-state index in [0.717, 1.165) is 46.5 Å². The molecule has 3 aromatic rings. The Hall–Kier alpha value is -2.79. The second-order valence-corrected chi connectivity index (χ2v) is 6.53. The molecule has 0 aliphatic rings. The van der Waals surface area contributed by atoms with E-state index in [1.807, 2.05) is 55.5 Å². The third-order valence-electron chi connectivity index (χ3n) is 4.15. The summed E-state index contributed by atoms with van der Waals surface area (Å²) in [6.07, 6.45) is 0.843. The number of ether oxygens (including phenoxy) is 1. The summed E-state index contributed by atoms with van der Waals surface area (Å²) >= 11 is 6.21. The molecule has 0 unspecified atom stereocenters. The summed E-state index contributed by atoms with van der Waals surface area (Å²) < 4.78 is 5.40. The van der Waals surface area contributed by atoms with Gasteiger partial charge in [-0.25, -0.2) is 9.97 Å². The van der Waals surface area contributed by atoms with Crippen molar-refractivity contribution in [1.82, 2.24) is 9.97 Å². The first-order valence-corrected chi connectivity index (χ1v) is 9.22. The lowest BCUT2D eigenvalue weighted by atomic mass is 10.1. The fraction of sp³-hybridized carbons (Fsp3) is 0.238. The van der Waals surface area contributed by atoms with Gasteiger partial charge < -0.3 is 15.4 Å². The quantitative estimate of drug-likeness (QED) is 0.590. The standard InChI is InChI=1S/C21H23ClN4O/c1-15-25-20(23-12-11-16-7-4-6-10-19(16)27-2)13-21(26-15)24-14-17-8-3-5-9-18(17)22/h3-10,13H,11-12,14H2,1-2H3,(H2,23,24,25,26). The number of hydrogen-bond acceptors (Lipinski definition) is 5. The van der Waals surface area contributed by atoms with Crippen molar-refractivity contribution in [3.8, 4) is 5.75 Å². The third-order valence-corrected chi connectivity index (χ3v) is 4.52. The normalized spacial score (nSPS) is 10.5. The smallest absolute Gasteiger partial charge is 0.132 e. The maximum atomic E-state index is 6.21. The van der Waals surface area contributed by atoms with E-state index in [4.69, 9.17) is 16.3 Å². The van der Waals surface area contributed by atoms with Crippen molar-refractivity contribution in [1.29, 1.82) is 0 Å². The van der Waals surface area contributed by atoms with E-state index < -0.39 is 0 Å². The van der Waals surface area contributed by atoms with Crippen LogP contribution in [0, 0.1) is 6.92 Å². The van der Waals surface area contributed by atoms with Gasteiger partial charge in [-0.3, -0.25) is 0 Å². The second kappa shape index (κ2) is 9.24. The number of halogens is 1. The highest BCUT2D eigenvalue weighted by atomic mass is 35.5. The van der Waals surface area contributed by atoms with E-state index in [2.05, 4.69) is 26.7 Å². The van der Waals surface area contributed by atoms with Gasteiger partial charge in [0, 0.05) is 24.2 Å². The number of benzene rings is 2. The highest BCUT2D eigenvalue weighted by Crippen LogP contribution is 2.19. The number of aryl methyl sites for hydroxylation is 1. The van der Waals surface area contributed by atoms with E-state index in [9.17, 15) is 0 Å². The van der Waals surface area contributed by atoms with Crippen molar-refractivity contribution in [2.75, 3.05) is 24.3 Å². The van der Waals surface area contributed by atoms with Crippen LogP contribution < -0.4 is 15.4 Å². The largest absolute Gasteiger partial charge is 0.496 e. The SMILES string of the molecule is COc1ccccc1CCNc1cc(NCc2ccccc2Cl)nc(C)n1. The predicted molar refractivity (Wildman–Crippen MR) is 111 cm³/mol. The lowest BCUT2D eigenvalue weighted by molar-refractivity contribution is 0.410. The van der Waals surface area contributed by atoms with Crippen LogP contribution in [0.3, 0.4) is 0 Å². The molecule has 0 amide bonds. The fourth-order valence-electron chi connectivity index (χ4n) is 2.81. The van der Waals surface area contributed by atoms with Crippen molar-refractivity contribution in [2.45, 2.75) is 19.9 Å². The molecule has 0 aliphatic heterocycles. The molecule has 5 nitrogen and oxygen atoms in total. The number of hydrogen-bond donors (Lipinski definition) is 2. The molecule has 27 heavy (non-hydrogen) atoms. The molecule has 1 aromatic heterocycles. The minimum Gasteiger partial charge on any atom is -0.496 e. The Morgan fingerprint density at radius 3 is 2.33 bits per heavy atom. The third kappa shape index (κ3) is 5.34. The summed E-state index contributed by atoms with van der Waals surface area (Å²) in [4.78, 5) is 8.91. The van der Waals surface area contributed by atoms with Gasteiger partial charge in [0.05, 0.1) is 7.11 Å². The fourth-order valence-corrected chi connectivity index (χ4v) is 3.01. The molecule has 0 aliphatic carbocycles. The van der Waals surface area contributed by atoms with Gasteiger partial charge in [0.1, 0.15) is 23.2 Å². The van der Waals surface area contributed by atoms with Gasteiger partial charge in [-0.05, 0) is 36.6 Å². The summed E-state index contributed by atoms with van der Waals surface area (Å²) in [5, 5.41) is 7.42.